The van der Waals surface area contributed by atoms with Gasteiger partial charge in [0.15, 0.2) is 12.4 Å². The summed E-state index contributed by atoms with van der Waals surface area (Å²) in [6.45, 7) is 9.58. The number of hydrogen-bond donors (Lipinski definition) is 1. The number of piperazine rings is 1. The van der Waals surface area contributed by atoms with Crippen molar-refractivity contribution in [3.63, 3.8) is 0 Å². The van der Waals surface area contributed by atoms with E-state index in [-0.39, 0.29) is 24.2 Å². The normalized spacial score (nSPS) is 14.8. The molecule has 0 radical (unpaired) electrons. The van der Waals surface area contributed by atoms with Gasteiger partial charge in [-0.25, -0.2) is 0 Å². The van der Waals surface area contributed by atoms with Gasteiger partial charge < -0.3 is 15.0 Å². The molecule has 0 aromatic heterocycles. The van der Waals surface area contributed by atoms with Crippen LogP contribution < -0.4 is 10.1 Å². The van der Waals surface area contributed by atoms with Crippen LogP contribution in [0.1, 0.15) is 44.0 Å². The number of nitrogens with zero attached hydrogens (tertiary/aromatic N) is 2. The first kappa shape index (κ1) is 21.9. The van der Waals surface area contributed by atoms with E-state index in [0.29, 0.717) is 36.7 Å². The zero-order chi connectivity index (χ0) is 20.5. The van der Waals surface area contributed by atoms with Crippen molar-refractivity contribution >= 4 is 17.6 Å². The molecule has 1 heterocycles. The summed E-state index contributed by atoms with van der Waals surface area (Å²) in [5.41, 5.74) is 0.632. The zero-order valence-corrected chi connectivity index (χ0v) is 17.1. The molecule has 0 atom stereocenters. The van der Waals surface area contributed by atoms with Crippen molar-refractivity contribution in [2.45, 2.75) is 39.7 Å². The van der Waals surface area contributed by atoms with Crippen molar-refractivity contribution in [3.05, 3.63) is 29.8 Å². The lowest BCUT2D eigenvalue weighted by Gasteiger charge is -2.37. The Morgan fingerprint density at radius 1 is 1.07 bits per heavy atom. The van der Waals surface area contributed by atoms with Crippen LogP contribution in [0, 0.1) is 0 Å². The average Bonchev–Trinajstić information content (AvgIpc) is 2.72. The van der Waals surface area contributed by atoms with E-state index in [1.807, 2.05) is 11.8 Å². The highest BCUT2D eigenvalue weighted by Gasteiger charge is 2.22. The quantitative estimate of drug-likeness (QED) is 0.651. The topological polar surface area (TPSA) is 78.9 Å². The predicted octanol–water partition coefficient (Wildman–Crippen LogP) is 1.72. The summed E-state index contributed by atoms with van der Waals surface area (Å²) in [4.78, 5) is 39.9. The van der Waals surface area contributed by atoms with E-state index in [4.69, 9.17) is 4.74 Å². The summed E-state index contributed by atoms with van der Waals surface area (Å²) in [6.07, 6.45) is 0.746. The van der Waals surface area contributed by atoms with Gasteiger partial charge in [-0.1, -0.05) is 6.92 Å². The molecule has 2 amide bonds. The second-order valence-electron chi connectivity index (χ2n) is 7.20. The van der Waals surface area contributed by atoms with Gasteiger partial charge in [-0.15, -0.1) is 0 Å². The molecule has 1 aliphatic rings. The second-order valence-corrected chi connectivity index (χ2v) is 7.20. The Labute approximate surface area is 167 Å². The van der Waals surface area contributed by atoms with E-state index in [2.05, 4.69) is 24.1 Å². The van der Waals surface area contributed by atoms with Gasteiger partial charge in [0.05, 0.1) is 0 Å². The maximum Gasteiger partial charge on any atom is 0.257 e. The Morgan fingerprint density at radius 3 is 2.29 bits per heavy atom. The lowest BCUT2D eigenvalue weighted by molar-refractivity contribution is -0.133. The molecule has 7 heteroatoms. The lowest BCUT2D eigenvalue weighted by Crippen LogP contribution is -2.51. The number of ether oxygens (including phenoxy) is 1. The van der Waals surface area contributed by atoms with Gasteiger partial charge in [-0.2, -0.15) is 0 Å². The summed E-state index contributed by atoms with van der Waals surface area (Å²) < 4.78 is 5.42. The maximum absolute atomic E-state index is 12.2. The second kappa shape index (κ2) is 10.8. The van der Waals surface area contributed by atoms with Gasteiger partial charge in [0.2, 0.25) is 5.91 Å². The molecule has 0 spiro atoms. The third-order valence-corrected chi connectivity index (χ3v) is 4.93. The van der Waals surface area contributed by atoms with Crippen molar-refractivity contribution in [1.82, 2.24) is 15.1 Å². The fourth-order valence-corrected chi connectivity index (χ4v) is 3.10. The van der Waals surface area contributed by atoms with Crippen molar-refractivity contribution in [1.29, 1.82) is 0 Å². The summed E-state index contributed by atoms with van der Waals surface area (Å²) in [5.74, 6) is 0.397. The summed E-state index contributed by atoms with van der Waals surface area (Å²) in [5, 5.41) is 2.71. The number of carbonyl (C=O) groups is 3. The smallest absolute Gasteiger partial charge is 0.257 e. The van der Waals surface area contributed by atoms with Gasteiger partial charge >= 0.3 is 0 Å². The van der Waals surface area contributed by atoms with Crippen LogP contribution in [0.2, 0.25) is 0 Å². The van der Waals surface area contributed by atoms with Crippen LogP contribution in [0.25, 0.3) is 0 Å². The third kappa shape index (κ3) is 6.64. The van der Waals surface area contributed by atoms with Crippen molar-refractivity contribution in [2.24, 2.45) is 0 Å². The first-order valence-corrected chi connectivity index (χ1v) is 9.95. The molecule has 1 aromatic carbocycles. The zero-order valence-electron chi connectivity index (χ0n) is 17.1. The van der Waals surface area contributed by atoms with E-state index in [0.717, 1.165) is 26.2 Å². The predicted molar refractivity (Wildman–Crippen MR) is 107 cm³/mol. The number of amides is 2. The number of carbonyl (C=O) groups excluding carboxylic acids is 3. The number of ketones is 1. The maximum atomic E-state index is 12.2. The summed E-state index contributed by atoms with van der Waals surface area (Å²) >= 11 is 0. The highest BCUT2D eigenvalue weighted by molar-refractivity contribution is 5.95. The fourth-order valence-electron chi connectivity index (χ4n) is 3.10. The third-order valence-electron chi connectivity index (χ3n) is 4.93. The lowest BCUT2D eigenvalue weighted by atomic mass is 10.1. The van der Waals surface area contributed by atoms with Gasteiger partial charge in [-0.05, 0) is 38.1 Å². The number of benzene rings is 1. The molecule has 0 saturated carbocycles. The number of rotatable bonds is 9. The molecule has 7 nitrogen and oxygen atoms in total. The minimum atomic E-state index is -0.272. The van der Waals surface area contributed by atoms with Crippen LogP contribution in [0.5, 0.6) is 5.75 Å². The summed E-state index contributed by atoms with van der Waals surface area (Å²) in [7, 11) is 0. The van der Waals surface area contributed by atoms with Gasteiger partial charge in [0.25, 0.3) is 5.91 Å². The first-order valence-electron chi connectivity index (χ1n) is 9.95. The summed E-state index contributed by atoms with van der Waals surface area (Å²) in [6, 6.07) is 7.24. The number of Topliss-reactive ketones (excluding diaryl/α,β-unsaturated/α-hetero) is 1. The fraction of sp³-hybridized carbons (Fsp3) is 0.571. The minimum absolute atomic E-state index is 0.0691. The number of hydrogen-bond acceptors (Lipinski definition) is 5. The van der Waals surface area contributed by atoms with E-state index < -0.39 is 0 Å². The molecular weight excluding hydrogens is 358 g/mol. The van der Waals surface area contributed by atoms with Crippen molar-refractivity contribution < 1.29 is 19.1 Å². The molecule has 154 valence electrons. The van der Waals surface area contributed by atoms with Crippen molar-refractivity contribution in [3.8, 4) is 5.75 Å². The van der Waals surface area contributed by atoms with Gasteiger partial charge in [0.1, 0.15) is 5.75 Å². The highest BCUT2D eigenvalue weighted by atomic mass is 16.5. The van der Waals surface area contributed by atoms with E-state index in [9.17, 15) is 14.4 Å². The Bertz CT molecular complexity index is 665. The Hall–Kier alpha value is -2.41. The molecule has 1 aliphatic heterocycles. The van der Waals surface area contributed by atoms with Crippen LogP contribution in [-0.2, 0) is 9.59 Å². The van der Waals surface area contributed by atoms with Crippen LogP contribution in [0.3, 0.4) is 0 Å². The number of nitrogens with one attached hydrogen (secondary N) is 1. The molecule has 28 heavy (non-hydrogen) atoms. The molecule has 1 saturated heterocycles. The molecule has 1 fully saturated rings. The van der Waals surface area contributed by atoms with Crippen molar-refractivity contribution in [2.75, 3.05) is 39.3 Å². The molecule has 0 bridgehead atoms. The van der Waals surface area contributed by atoms with Crippen LogP contribution in [0.4, 0.5) is 0 Å². The van der Waals surface area contributed by atoms with E-state index >= 15 is 0 Å². The SMILES string of the molecule is CCC(=O)c1ccc(OCC(=O)NCCC(=O)N2CCN(C(C)C)CC2)cc1. The standard InChI is InChI=1S/C21H31N3O4/c1-4-19(25)17-5-7-18(8-6-17)28-15-20(26)22-10-9-21(27)24-13-11-23(12-14-24)16(2)3/h5-8,16H,4,9-15H2,1-3H3,(H,22,26). The van der Waals surface area contributed by atoms with E-state index in [1.165, 1.54) is 0 Å². The van der Waals surface area contributed by atoms with Crippen LogP contribution >= 0.6 is 0 Å². The average molecular weight is 389 g/mol. The Morgan fingerprint density at radius 2 is 1.71 bits per heavy atom. The van der Waals surface area contributed by atoms with Crippen LogP contribution in [0.15, 0.2) is 24.3 Å². The molecule has 0 unspecified atom stereocenters. The van der Waals surface area contributed by atoms with Gasteiger partial charge in [-0.3, -0.25) is 19.3 Å². The molecule has 1 N–H and O–H groups in total. The highest BCUT2D eigenvalue weighted by Crippen LogP contribution is 2.13. The monoisotopic (exact) mass is 389 g/mol. The molecule has 1 aromatic rings. The van der Waals surface area contributed by atoms with Crippen LogP contribution in [-0.4, -0.2) is 72.8 Å². The first-order chi connectivity index (χ1) is 13.4. The Kier molecular flexibility index (Phi) is 8.44. The molecule has 2 rings (SSSR count). The minimum Gasteiger partial charge on any atom is -0.484 e. The van der Waals surface area contributed by atoms with E-state index in [1.54, 1.807) is 24.3 Å². The van der Waals surface area contributed by atoms with Gasteiger partial charge in [0, 0.05) is 57.2 Å². The Balaban J connectivity index is 1.63. The largest absolute Gasteiger partial charge is 0.484 e. The molecular formula is C21H31N3O4. The molecule has 0 aliphatic carbocycles.